The van der Waals surface area contributed by atoms with Gasteiger partial charge < -0.3 is 14.5 Å². The van der Waals surface area contributed by atoms with E-state index in [2.05, 4.69) is 5.32 Å². The molecule has 0 unspecified atom stereocenters. The highest BCUT2D eigenvalue weighted by molar-refractivity contribution is 5.91. The van der Waals surface area contributed by atoms with Gasteiger partial charge in [0.15, 0.2) is 11.5 Å². The van der Waals surface area contributed by atoms with Crippen LogP contribution in [-0.4, -0.2) is 16.9 Å². The number of amides is 1. The van der Waals surface area contributed by atoms with Crippen molar-refractivity contribution in [2.24, 2.45) is 0 Å². The second-order valence-corrected chi connectivity index (χ2v) is 6.94. The molecule has 7 heteroatoms. The summed E-state index contributed by atoms with van der Waals surface area (Å²) in [6.07, 6.45) is 6.72. The number of aryl methyl sites for hydroxylation is 1. The van der Waals surface area contributed by atoms with E-state index < -0.39 is 4.92 Å². The summed E-state index contributed by atoms with van der Waals surface area (Å²) in [7, 11) is 0. The number of nitro groups is 1. The molecule has 27 heavy (non-hydrogen) atoms. The Morgan fingerprint density at radius 3 is 2.67 bits per heavy atom. The van der Waals surface area contributed by atoms with Gasteiger partial charge in [0.1, 0.15) is 12.4 Å². The molecule has 1 amide bonds. The molecule has 0 spiro atoms. The van der Waals surface area contributed by atoms with Crippen molar-refractivity contribution < 1.29 is 18.9 Å². The zero-order valence-electron chi connectivity index (χ0n) is 15.4. The number of furan rings is 1. The van der Waals surface area contributed by atoms with E-state index in [4.69, 9.17) is 9.15 Å². The molecule has 1 N–H and O–H groups in total. The zero-order chi connectivity index (χ0) is 19.2. The molecule has 2 aromatic rings. The summed E-state index contributed by atoms with van der Waals surface area (Å²) in [4.78, 5) is 23.0. The maximum absolute atomic E-state index is 12.4. The smallest absolute Gasteiger partial charge is 0.311 e. The number of carbonyl (C=O) groups excluding carboxylic acids is 1. The van der Waals surface area contributed by atoms with Crippen molar-refractivity contribution in [3.8, 4) is 5.75 Å². The van der Waals surface area contributed by atoms with Crippen LogP contribution < -0.4 is 10.1 Å². The summed E-state index contributed by atoms with van der Waals surface area (Å²) in [5.41, 5.74) is 0.692. The Hall–Kier alpha value is -2.83. The Labute approximate surface area is 157 Å². The first-order chi connectivity index (χ1) is 13.0. The minimum Gasteiger partial charge on any atom is -0.479 e. The summed E-state index contributed by atoms with van der Waals surface area (Å²) in [6.45, 7) is 1.79. The van der Waals surface area contributed by atoms with Gasteiger partial charge in [-0.1, -0.05) is 31.7 Å². The van der Waals surface area contributed by atoms with E-state index >= 15 is 0 Å². The van der Waals surface area contributed by atoms with Crippen LogP contribution in [0.4, 0.5) is 5.69 Å². The van der Waals surface area contributed by atoms with Crippen molar-refractivity contribution >= 4 is 11.6 Å². The third kappa shape index (κ3) is 5.09. The van der Waals surface area contributed by atoms with Crippen LogP contribution in [0.3, 0.4) is 0 Å². The standard InChI is InChI=1S/C20H24N2O5/c1-14-8-10-18(17(12-14)22(24)25)26-13-16-9-11-19(27-16)20(23)21-15-6-4-2-3-5-7-15/h8-12,15H,2-7,13H2,1H3,(H,21,23). The second-order valence-electron chi connectivity index (χ2n) is 6.94. The Morgan fingerprint density at radius 1 is 1.22 bits per heavy atom. The number of hydrogen-bond donors (Lipinski definition) is 1. The molecule has 1 aliphatic carbocycles. The van der Waals surface area contributed by atoms with Crippen molar-refractivity contribution in [3.05, 3.63) is 57.5 Å². The van der Waals surface area contributed by atoms with Crippen molar-refractivity contribution in [2.45, 2.75) is 58.1 Å². The summed E-state index contributed by atoms with van der Waals surface area (Å²) in [6, 6.07) is 8.23. The SMILES string of the molecule is Cc1ccc(OCc2ccc(C(=O)NC3CCCCCC3)o2)c([N+](=O)[O-])c1. The van der Waals surface area contributed by atoms with Crippen molar-refractivity contribution in [2.75, 3.05) is 0 Å². The Bertz CT molecular complexity index is 806. The third-order valence-corrected chi connectivity index (χ3v) is 4.76. The van der Waals surface area contributed by atoms with Crippen LogP contribution >= 0.6 is 0 Å². The highest BCUT2D eigenvalue weighted by Gasteiger charge is 2.19. The van der Waals surface area contributed by atoms with Crippen LogP contribution in [0.5, 0.6) is 5.75 Å². The van der Waals surface area contributed by atoms with Crippen LogP contribution in [0.2, 0.25) is 0 Å². The molecule has 0 saturated heterocycles. The largest absolute Gasteiger partial charge is 0.479 e. The van der Waals surface area contributed by atoms with Gasteiger partial charge in [-0.05, 0) is 43.5 Å². The quantitative estimate of drug-likeness (QED) is 0.457. The van der Waals surface area contributed by atoms with Crippen molar-refractivity contribution in [3.63, 3.8) is 0 Å². The number of nitrogens with one attached hydrogen (secondary N) is 1. The second kappa shape index (κ2) is 8.70. The fourth-order valence-corrected chi connectivity index (χ4v) is 3.30. The molecule has 3 rings (SSSR count). The lowest BCUT2D eigenvalue weighted by molar-refractivity contribution is -0.386. The number of benzene rings is 1. The highest BCUT2D eigenvalue weighted by Crippen LogP contribution is 2.28. The van der Waals surface area contributed by atoms with E-state index in [1.54, 1.807) is 31.2 Å². The average molecular weight is 372 g/mol. The van der Waals surface area contributed by atoms with Gasteiger partial charge in [0, 0.05) is 12.1 Å². The lowest BCUT2D eigenvalue weighted by Gasteiger charge is -2.15. The van der Waals surface area contributed by atoms with Crippen molar-refractivity contribution in [1.29, 1.82) is 0 Å². The van der Waals surface area contributed by atoms with E-state index in [9.17, 15) is 14.9 Å². The molecule has 0 atom stereocenters. The Balaban J connectivity index is 1.59. The molecular formula is C20H24N2O5. The number of ether oxygens (including phenoxy) is 1. The van der Waals surface area contributed by atoms with Crippen LogP contribution in [0.15, 0.2) is 34.7 Å². The molecular weight excluding hydrogens is 348 g/mol. The van der Waals surface area contributed by atoms with E-state index in [1.165, 1.54) is 18.9 Å². The first-order valence-electron chi connectivity index (χ1n) is 9.30. The van der Waals surface area contributed by atoms with E-state index in [-0.39, 0.29) is 35.8 Å². The van der Waals surface area contributed by atoms with Gasteiger partial charge in [0.2, 0.25) is 0 Å². The average Bonchev–Trinajstić information content (AvgIpc) is 2.98. The molecule has 1 heterocycles. The number of hydrogen-bond acceptors (Lipinski definition) is 5. The number of nitro benzene ring substituents is 1. The first-order valence-corrected chi connectivity index (χ1v) is 9.30. The van der Waals surface area contributed by atoms with Gasteiger partial charge in [-0.25, -0.2) is 0 Å². The van der Waals surface area contributed by atoms with Gasteiger partial charge in [-0.2, -0.15) is 0 Å². The van der Waals surface area contributed by atoms with Gasteiger partial charge in [0.05, 0.1) is 4.92 Å². The summed E-state index contributed by atoms with van der Waals surface area (Å²) in [5.74, 6) is 0.619. The number of carbonyl (C=O) groups is 1. The predicted octanol–water partition coefficient (Wildman–Crippen LogP) is 4.53. The molecule has 1 aromatic carbocycles. The van der Waals surface area contributed by atoms with E-state index in [0.29, 0.717) is 5.76 Å². The lowest BCUT2D eigenvalue weighted by atomic mass is 10.1. The fourth-order valence-electron chi connectivity index (χ4n) is 3.30. The topological polar surface area (TPSA) is 94.6 Å². The molecule has 1 aromatic heterocycles. The zero-order valence-corrected chi connectivity index (χ0v) is 15.4. The minimum atomic E-state index is -0.476. The van der Waals surface area contributed by atoms with E-state index in [1.807, 2.05) is 0 Å². The summed E-state index contributed by atoms with van der Waals surface area (Å²) >= 11 is 0. The third-order valence-electron chi connectivity index (χ3n) is 4.76. The minimum absolute atomic E-state index is 0.0145. The van der Waals surface area contributed by atoms with Crippen LogP contribution in [0, 0.1) is 17.0 Å². The van der Waals surface area contributed by atoms with Crippen LogP contribution in [-0.2, 0) is 6.61 Å². The van der Waals surface area contributed by atoms with E-state index in [0.717, 1.165) is 31.2 Å². The maximum Gasteiger partial charge on any atom is 0.311 e. The molecule has 1 aliphatic rings. The monoisotopic (exact) mass is 372 g/mol. The van der Waals surface area contributed by atoms with Gasteiger partial charge in [-0.15, -0.1) is 0 Å². The normalized spacial score (nSPS) is 15.1. The van der Waals surface area contributed by atoms with Crippen molar-refractivity contribution in [1.82, 2.24) is 5.32 Å². The first kappa shape index (κ1) is 18.9. The number of rotatable bonds is 6. The summed E-state index contributed by atoms with van der Waals surface area (Å²) < 4.78 is 11.1. The molecule has 1 fully saturated rings. The molecule has 0 aliphatic heterocycles. The molecule has 0 bridgehead atoms. The van der Waals surface area contributed by atoms with Crippen LogP contribution in [0.25, 0.3) is 0 Å². The number of nitrogens with zero attached hydrogens (tertiary/aromatic N) is 1. The Morgan fingerprint density at radius 2 is 1.96 bits per heavy atom. The summed E-state index contributed by atoms with van der Waals surface area (Å²) in [5, 5.41) is 14.2. The highest BCUT2D eigenvalue weighted by atomic mass is 16.6. The maximum atomic E-state index is 12.4. The van der Waals surface area contributed by atoms with Gasteiger partial charge in [-0.3, -0.25) is 14.9 Å². The molecule has 0 radical (unpaired) electrons. The Kier molecular flexibility index (Phi) is 6.11. The molecule has 7 nitrogen and oxygen atoms in total. The predicted molar refractivity (Wildman–Crippen MR) is 99.8 cm³/mol. The molecule has 144 valence electrons. The molecule has 1 saturated carbocycles. The van der Waals surface area contributed by atoms with Gasteiger partial charge in [0.25, 0.3) is 5.91 Å². The fraction of sp³-hybridized carbons (Fsp3) is 0.450. The lowest BCUT2D eigenvalue weighted by Crippen LogP contribution is -2.34. The van der Waals surface area contributed by atoms with Gasteiger partial charge >= 0.3 is 5.69 Å². The van der Waals surface area contributed by atoms with Crippen LogP contribution in [0.1, 0.15) is 60.4 Å².